The summed E-state index contributed by atoms with van der Waals surface area (Å²) >= 11 is 17.1. The Balaban J connectivity index is 2.13. The Hall–Kier alpha value is -0.370. The molecular formula is C12H13Cl3O6. The molecule has 0 aliphatic carbocycles. The van der Waals surface area contributed by atoms with E-state index in [1.165, 1.54) is 26.0 Å². The van der Waals surface area contributed by atoms with Crippen LogP contribution in [0.5, 0.6) is 0 Å². The highest BCUT2D eigenvalue weighted by atomic mass is 35.6. The number of ether oxygens (including phenoxy) is 4. The molecule has 5 atom stereocenters. The van der Waals surface area contributed by atoms with Crippen LogP contribution in [0.1, 0.15) is 13.8 Å². The molecule has 0 saturated carbocycles. The predicted octanol–water partition coefficient (Wildman–Crippen LogP) is 1.90. The number of ketones is 1. The fourth-order valence-electron chi connectivity index (χ4n) is 2.06. The molecule has 0 amide bonds. The van der Waals surface area contributed by atoms with Gasteiger partial charge in [0.1, 0.15) is 6.10 Å². The van der Waals surface area contributed by atoms with Crippen molar-refractivity contribution in [3.05, 3.63) is 12.2 Å². The lowest BCUT2D eigenvalue weighted by Crippen LogP contribution is -2.37. The molecule has 2 aliphatic heterocycles. The fraction of sp³-hybridized carbons (Fsp3) is 0.667. The minimum atomic E-state index is -1.79. The monoisotopic (exact) mass is 358 g/mol. The average Bonchev–Trinajstić information content (AvgIpc) is 2.85. The second-order valence-corrected chi connectivity index (χ2v) is 6.99. The molecule has 0 unspecified atom stereocenters. The Kier molecular flexibility index (Phi) is 5.18. The zero-order valence-electron chi connectivity index (χ0n) is 11.1. The number of hydrogen-bond acceptors (Lipinski definition) is 6. The largest absolute Gasteiger partial charge is 0.456 e. The summed E-state index contributed by atoms with van der Waals surface area (Å²) in [5, 5.41) is 0. The highest BCUT2D eigenvalue weighted by Gasteiger charge is 2.57. The van der Waals surface area contributed by atoms with Gasteiger partial charge in [0, 0.05) is 6.92 Å². The van der Waals surface area contributed by atoms with Gasteiger partial charge >= 0.3 is 5.97 Å². The smallest absolute Gasteiger partial charge is 0.303 e. The van der Waals surface area contributed by atoms with Crippen LogP contribution in [0.3, 0.4) is 0 Å². The van der Waals surface area contributed by atoms with E-state index in [4.69, 9.17) is 53.8 Å². The molecular weight excluding hydrogens is 346 g/mol. The molecule has 2 aliphatic rings. The van der Waals surface area contributed by atoms with Gasteiger partial charge in [0.15, 0.2) is 24.3 Å². The van der Waals surface area contributed by atoms with E-state index in [0.717, 1.165) is 0 Å². The van der Waals surface area contributed by atoms with Crippen LogP contribution in [0.15, 0.2) is 12.2 Å². The van der Waals surface area contributed by atoms with E-state index in [1.54, 1.807) is 0 Å². The van der Waals surface area contributed by atoms with E-state index in [2.05, 4.69) is 0 Å². The first-order chi connectivity index (χ1) is 9.68. The van der Waals surface area contributed by atoms with Crippen LogP contribution in [0.4, 0.5) is 0 Å². The van der Waals surface area contributed by atoms with Gasteiger partial charge in [0.25, 0.3) is 0 Å². The minimum Gasteiger partial charge on any atom is -0.456 e. The van der Waals surface area contributed by atoms with Crippen molar-refractivity contribution in [3.63, 3.8) is 0 Å². The normalized spacial score (nSPS) is 36.0. The summed E-state index contributed by atoms with van der Waals surface area (Å²) in [5.41, 5.74) is 0. The number of allylic oxidation sites excluding steroid dienone is 1. The molecule has 0 aromatic rings. The quantitative estimate of drug-likeness (QED) is 0.435. The van der Waals surface area contributed by atoms with E-state index in [1.807, 2.05) is 0 Å². The van der Waals surface area contributed by atoms with Crippen molar-refractivity contribution in [2.45, 2.75) is 48.5 Å². The molecule has 2 heterocycles. The Morgan fingerprint density at radius 3 is 2.33 bits per heavy atom. The number of hydrogen-bond donors (Lipinski definition) is 0. The molecule has 0 aromatic carbocycles. The van der Waals surface area contributed by atoms with Crippen molar-refractivity contribution >= 4 is 46.6 Å². The summed E-state index contributed by atoms with van der Waals surface area (Å²) in [6.45, 7) is 2.64. The molecule has 9 heteroatoms. The maximum atomic E-state index is 11.2. The molecule has 0 aromatic heterocycles. The van der Waals surface area contributed by atoms with E-state index in [0.29, 0.717) is 0 Å². The lowest BCUT2D eigenvalue weighted by atomic mass is 10.1. The topological polar surface area (TPSA) is 71.1 Å². The van der Waals surface area contributed by atoms with Crippen molar-refractivity contribution in [2.75, 3.05) is 0 Å². The van der Waals surface area contributed by atoms with E-state index in [-0.39, 0.29) is 5.78 Å². The van der Waals surface area contributed by atoms with E-state index < -0.39 is 40.7 Å². The SMILES string of the molecule is CC(=O)/C=C/[C@H]1O[C@@H]2O[C@H](C(Cl)(Cl)Cl)O[C@@H]2[C@H]1OC(C)=O. The minimum absolute atomic E-state index is 0.168. The van der Waals surface area contributed by atoms with Crippen LogP contribution in [-0.2, 0) is 28.5 Å². The Bertz CT molecular complexity index is 460. The van der Waals surface area contributed by atoms with Crippen molar-refractivity contribution < 1.29 is 28.5 Å². The first kappa shape index (κ1) is 17.0. The van der Waals surface area contributed by atoms with E-state index in [9.17, 15) is 9.59 Å². The number of alkyl halides is 3. The first-order valence-corrected chi connectivity index (χ1v) is 7.21. The number of carbonyl (C=O) groups excluding carboxylic acids is 2. The number of rotatable bonds is 3. The van der Waals surface area contributed by atoms with Gasteiger partial charge < -0.3 is 18.9 Å². The molecule has 0 radical (unpaired) electrons. The summed E-state index contributed by atoms with van der Waals surface area (Å²) in [7, 11) is 0. The van der Waals surface area contributed by atoms with Crippen LogP contribution in [0.25, 0.3) is 0 Å². The van der Waals surface area contributed by atoms with Gasteiger partial charge in [-0.05, 0) is 19.1 Å². The molecule has 0 bridgehead atoms. The molecule has 6 nitrogen and oxygen atoms in total. The maximum absolute atomic E-state index is 11.2. The summed E-state index contributed by atoms with van der Waals surface area (Å²) in [4.78, 5) is 22.2. The standard InChI is InChI=1S/C12H13Cl3O6/c1-5(16)3-4-7-8(18-6(2)17)9-10(19-7)21-11(20-9)12(13,14)15/h3-4,7-11H,1-2H3/b4-3+/t7-,8+,9-,10-,11-/m1/s1. The molecule has 2 saturated heterocycles. The highest BCUT2D eigenvalue weighted by molar-refractivity contribution is 6.67. The molecule has 118 valence electrons. The zero-order chi connectivity index (χ0) is 15.8. The molecule has 2 fully saturated rings. The highest BCUT2D eigenvalue weighted by Crippen LogP contribution is 2.43. The summed E-state index contributed by atoms with van der Waals surface area (Å²) < 4.78 is 19.7. The summed E-state index contributed by atoms with van der Waals surface area (Å²) in [6.07, 6.45) is -1.40. The Morgan fingerprint density at radius 1 is 1.14 bits per heavy atom. The second kappa shape index (κ2) is 6.40. The average molecular weight is 360 g/mol. The lowest BCUT2D eigenvalue weighted by molar-refractivity contribution is -0.171. The molecule has 21 heavy (non-hydrogen) atoms. The molecule has 2 rings (SSSR count). The van der Waals surface area contributed by atoms with Crippen LogP contribution in [0.2, 0.25) is 0 Å². The molecule has 0 N–H and O–H groups in total. The number of halogens is 3. The van der Waals surface area contributed by atoms with Gasteiger partial charge in [-0.25, -0.2) is 0 Å². The number of carbonyl (C=O) groups is 2. The Morgan fingerprint density at radius 2 is 1.81 bits per heavy atom. The van der Waals surface area contributed by atoms with E-state index >= 15 is 0 Å². The van der Waals surface area contributed by atoms with Crippen molar-refractivity contribution in [3.8, 4) is 0 Å². The molecule has 0 spiro atoms. The first-order valence-electron chi connectivity index (χ1n) is 6.07. The predicted molar refractivity (Wildman–Crippen MR) is 74.1 cm³/mol. The van der Waals surface area contributed by atoms with Crippen LogP contribution in [0, 0.1) is 0 Å². The van der Waals surface area contributed by atoms with Crippen LogP contribution >= 0.6 is 34.8 Å². The van der Waals surface area contributed by atoms with Gasteiger partial charge in [-0.2, -0.15) is 0 Å². The summed E-state index contributed by atoms with van der Waals surface area (Å²) in [6, 6.07) is 0. The van der Waals surface area contributed by atoms with Gasteiger partial charge in [0.05, 0.1) is 0 Å². The van der Waals surface area contributed by atoms with Gasteiger partial charge in [-0.1, -0.05) is 34.8 Å². The third-order valence-electron chi connectivity index (χ3n) is 2.84. The Labute approximate surface area is 136 Å². The van der Waals surface area contributed by atoms with Gasteiger partial charge in [-0.15, -0.1) is 0 Å². The third-order valence-corrected chi connectivity index (χ3v) is 3.37. The van der Waals surface area contributed by atoms with Gasteiger partial charge in [0.2, 0.25) is 10.1 Å². The fourth-order valence-corrected chi connectivity index (χ4v) is 2.37. The maximum Gasteiger partial charge on any atom is 0.303 e. The number of esters is 1. The van der Waals surface area contributed by atoms with Crippen molar-refractivity contribution in [1.29, 1.82) is 0 Å². The van der Waals surface area contributed by atoms with Crippen LogP contribution < -0.4 is 0 Å². The van der Waals surface area contributed by atoms with Gasteiger partial charge in [-0.3, -0.25) is 9.59 Å². The van der Waals surface area contributed by atoms with Crippen LogP contribution in [-0.4, -0.2) is 46.4 Å². The third kappa shape index (κ3) is 4.09. The second-order valence-electron chi connectivity index (χ2n) is 4.62. The summed E-state index contributed by atoms with van der Waals surface area (Å²) in [5.74, 6) is -0.690. The zero-order valence-corrected chi connectivity index (χ0v) is 13.4. The lowest BCUT2D eigenvalue weighted by Gasteiger charge is -2.23. The number of fused-ring (bicyclic) bond motifs is 1. The van der Waals surface area contributed by atoms with Crippen molar-refractivity contribution in [2.24, 2.45) is 0 Å². The van der Waals surface area contributed by atoms with Crippen molar-refractivity contribution in [1.82, 2.24) is 0 Å².